The summed E-state index contributed by atoms with van der Waals surface area (Å²) >= 11 is 0. The Morgan fingerprint density at radius 2 is 1.17 bits per heavy atom. The standard InChI is InChI=1S/C25H51NO4/c1-2-3-4-5-6-7-8-9-10-11-12-13-14-15-16-17-25(29)30-23-20-26-24(18-21-27)19-22-28/h24,26-28H,2-23H2,1H3. The molecule has 0 unspecified atom stereocenters. The van der Waals surface area contributed by atoms with Crippen LogP contribution in [0.5, 0.6) is 0 Å². The summed E-state index contributed by atoms with van der Waals surface area (Å²) in [6.07, 6.45) is 21.6. The van der Waals surface area contributed by atoms with Crippen LogP contribution in [0.25, 0.3) is 0 Å². The van der Waals surface area contributed by atoms with E-state index >= 15 is 0 Å². The van der Waals surface area contributed by atoms with E-state index in [1.807, 2.05) is 0 Å². The van der Waals surface area contributed by atoms with Gasteiger partial charge in [-0.15, -0.1) is 0 Å². The highest BCUT2D eigenvalue weighted by atomic mass is 16.5. The van der Waals surface area contributed by atoms with Gasteiger partial charge in [-0.25, -0.2) is 0 Å². The molecule has 0 aromatic rings. The number of rotatable bonds is 24. The van der Waals surface area contributed by atoms with E-state index in [4.69, 9.17) is 14.9 Å². The van der Waals surface area contributed by atoms with Gasteiger partial charge in [0, 0.05) is 32.2 Å². The minimum Gasteiger partial charge on any atom is -0.464 e. The molecule has 0 amide bonds. The molecule has 0 aliphatic rings. The Bertz CT molecular complexity index is 346. The molecule has 0 radical (unpaired) electrons. The van der Waals surface area contributed by atoms with Crippen molar-refractivity contribution in [3.8, 4) is 0 Å². The number of carbonyl (C=O) groups is 1. The minimum absolute atomic E-state index is 0.0780. The van der Waals surface area contributed by atoms with E-state index < -0.39 is 0 Å². The first kappa shape index (κ1) is 29.4. The molecule has 0 aromatic heterocycles. The molecule has 180 valence electrons. The molecule has 0 aliphatic heterocycles. The van der Waals surface area contributed by atoms with Crippen molar-refractivity contribution in [2.45, 2.75) is 129 Å². The fraction of sp³-hybridized carbons (Fsp3) is 0.960. The summed E-state index contributed by atoms with van der Waals surface area (Å²) in [5.74, 6) is -0.118. The van der Waals surface area contributed by atoms with Crippen molar-refractivity contribution in [3.63, 3.8) is 0 Å². The fourth-order valence-electron chi connectivity index (χ4n) is 3.80. The lowest BCUT2D eigenvalue weighted by atomic mass is 10.0. The maximum Gasteiger partial charge on any atom is 0.305 e. The predicted octanol–water partition coefficient (Wildman–Crippen LogP) is 5.51. The van der Waals surface area contributed by atoms with Crippen molar-refractivity contribution < 1.29 is 19.7 Å². The molecule has 0 spiro atoms. The number of hydrogen-bond donors (Lipinski definition) is 3. The SMILES string of the molecule is CCCCCCCCCCCCCCCCCC(=O)OCCNC(CCO)CCO. The van der Waals surface area contributed by atoms with Crippen molar-refractivity contribution in [1.82, 2.24) is 5.32 Å². The molecule has 0 aliphatic carbocycles. The van der Waals surface area contributed by atoms with Gasteiger partial charge < -0.3 is 20.3 Å². The van der Waals surface area contributed by atoms with Crippen molar-refractivity contribution in [3.05, 3.63) is 0 Å². The molecule has 5 heteroatoms. The first-order valence-corrected chi connectivity index (χ1v) is 12.8. The largest absolute Gasteiger partial charge is 0.464 e. The summed E-state index contributed by atoms with van der Waals surface area (Å²) in [4.78, 5) is 11.7. The molecule has 0 heterocycles. The van der Waals surface area contributed by atoms with E-state index in [1.165, 1.54) is 83.5 Å². The van der Waals surface area contributed by atoms with Gasteiger partial charge in [-0.3, -0.25) is 4.79 Å². The number of ether oxygens (including phenoxy) is 1. The van der Waals surface area contributed by atoms with E-state index in [0.717, 1.165) is 12.8 Å². The lowest BCUT2D eigenvalue weighted by molar-refractivity contribution is -0.143. The average Bonchev–Trinajstić information content (AvgIpc) is 2.74. The van der Waals surface area contributed by atoms with Gasteiger partial charge in [-0.1, -0.05) is 96.8 Å². The van der Waals surface area contributed by atoms with Gasteiger partial charge in [-0.2, -0.15) is 0 Å². The third kappa shape index (κ3) is 22.0. The van der Waals surface area contributed by atoms with Gasteiger partial charge in [0.1, 0.15) is 6.61 Å². The summed E-state index contributed by atoms with van der Waals surface area (Å²) in [7, 11) is 0. The summed E-state index contributed by atoms with van der Waals surface area (Å²) in [5, 5.41) is 21.1. The second-order valence-corrected chi connectivity index (χ2v) is 8.60. The summed E-state index contributed by atoms with van der Waals surface area (Å²) in [6.45, 7) is 3.38. The van der Waals surface area contributed by atoms with Crippen LogP contribution in [-0.2, 0) is 9.53 Å². The first-order valence-electron chi connectivity index (χ1n) is 12.8. The molecule has 0 rings (SSSR count). The van der Waals surface area contributed by atoms with Gasteiger partial charge >= 0.3 is 5.97 Å². The topological polar surface area (TPSA) is 78.8 Å². The van der Waals surface area contributed by atoms with Crippen LogP contribution in [0, 0.1) is 0 Å². The normalized spacial score (nSPS) is 11.3. The van der Waals surface area contributed by atoms with E-state index in [9.17, 15) is 4.79 Å². The third-order valence-electron chi connectivity index (χ3n) is 5.74. The van der Waals surface area contributed by atoms with Crippen LogP contribution in [0.3, 0.4) is 0 Å². The zero-order valence-electron chi connectivity index (χ0n) is 19.8. The van der Waals surface area contributed by atoms with Gasteiger partial charge in [0.05, 0.1) is 0 Å². The number of carbonyl (C=O) groups excluding carboxylic acids is 1. The molecule has 0 saturated carbocycles. The van der Waals surface area contributed by atoms with Gasteiger partial charge in [-0.05, 0) is 19.3 Å². The molecular formula is C25H51NO4. The molecule has 0 bridgehead atoms. The lowest BCUT2D eigenvalue weighted by Gasteiger charge is -2.16. The summed E-state index contributed by atoms with van der Waals surface area (Å²) in [6, 6.07) is 0.0780. The Labute approximate surface area is 186 Å². The highest BCUT2D eigenvalue weighted by Crippen LogP contribution is 2.13. The Balaban J connectivity index is 3.28. The number of aliphatic hydroxyl groups excluding tert-OH is 2. The second-order valence-electron chi connectivity index (χ2n) is 8.60. The van der Waals surface area contributed by atoms with Crippen molar-refractivity contribution in [1.29, 1.82) is 0 Å². The van der Waals surface area contributed by atoms with Crippen molar-refractivity contribution in [2.24, 2.45) is 0 Å². The van der Waals surface area contributed by atoms with Crippen LogP contribution >= 0.6 is 0 Å². The first-order chi connectivity index (χ1) is 14.7. The quantitative estimate of drug-likeness (QED) is 0.139. The van der Waals surface area contributed by atoms with Crippen molar-refractivity contribution >= 4 is 5.97 Å². The molecule has 30 heavy (non-hydrogen) atoms. The van der Waals surface area contributed by atoms with Gasteiger partial charge in [0.2, 0.25) is 0 Å². The lowest BCUT2D eigenvalue weighted by Crippen LogP contribution is -2.34. The van der Waals surface area contributed by atoms with E-state index in [0.29, 0.717) is 32.4 Å². The highest BCUT2D eigenvalue weighted by molar-refractivity contribution is 5.69. The molecule has 0 aromatic carbocycles. The Morgan fingerprint density at radius 1 is 0.733 bits per heavy atom. The third-order valence-corrected chi connectivity index (χ3v) is 5.74. The molecular weight excluding hydrogens is 378 g/mol. The Morgan fingerprint density at radius 3 is 1.60 bits per heavy atom. The van der Waals surface area contributed by atoms with Crippen molar-refractivity contribution in [2.75, 3.05) is 26.4 Å². The van der Waals surface area contributed by atoms with E-state index in [2.05, 4.69) is 12.2 Å². The summed E-state index contributed by atoms with van der Waals surface area (Å²) in [5.41, 5.74) is 0. The zero-order chi connectivity index (χ0) is 22.1. The van der Waals surface area contributed by atoms with Crippen LogP contribution in [0.1, 0.15) is 122 Å². The number of esters is 1. The fourth-order valence-corrected chi connectivity index (χ4v) is 3.80. The smallest absolute Gasteiger partial charge is 0.305 e. The molecule has 3 N–H and O–H groups in total. The number of aliphatic hydroxyl groups is 2. The van der Waals surface area contributed by atoms with Gasteiger partial charge in [0.25, 0.3) is 0 Å². The monoisotopic (exact) mass is 429 g/mol. The number of nitrogens with one attached hydrogen (secondary N) is 1. The number of unbranched alkanes of at least 4 members (excludes halogenated alkanes) is 14. The average molecular weight is 430 g/mol. The van der Waals surface area contributed by atoms with Gasteiger partial charge in [0.15, 0.2) is 0 Å². The second kappa shape index (κ2) is 24.6. The van der Waals surface area contributed by atoms with E-state index in [-0.39, 0.29) is 25.2 Å². The maximum atomic E-state index is 11.7. The molecule has 5 nitrogen and oxygen atoms in total. The maximum absolute atomic E-state index is 11.7. The van der Waals surface area contributed by atoms with Crippen LogP contribution in [0.4, 0.5) is 0 Å². The van der Waals surface area contributed by atoms with Crippen LogP contribution in [0.15, 0.2) is 0 Å². The molecule has 0 saturated heterocycles. The van der Waals surface area contributed by atoms with Crippen LogP contribution in [-0.4, -0.2) is 48.6 Å². The Hall–Kier alpha value is -0.650. The predicted molar refractivity (Wildman–Crippen MR) is 126 cm³/mol. The zero-order valence-corrected chi connectivity index (χ0v) is 19.8. The molecule has 0 atom stereocenters. The highest BCUT2D eigenvalue weighted by Gasteiger charge is 2.07. The minimum atomic E-state index is -0.118. The van der Waals surface area contributed by atoms with Crippen LogP contribution < -0.4 is 5.32 Å². The van der Waals surface area contributed by atoms with Crippen LogP contribution in [0.2, 0.25) is 0 Å². The summed E-state index contributed by atoms with van der Waals surface area (Å²) < 4.78 is 5.24. The Kier molecular flexibility index (Phi) is 24.1. The molecule has 0 fully saturated rings. The number of hydrogen-bond acceptors (Lipinski definition) is 5. The van der Waals surface area contributed by atoms with E-state index in [1.54, 1.807) is 0 Å².